The van der Waals surface area contributed by atoms with Crippen molar-refractivity contribution < 1.29 is 0 Å². The summed E-state index contributed by atoms with van der Waals surface area (Å²) < 4.78 is 0.869. The Balaban J connectivity index is 2.50. The van der Waals surface area contributed by atoms with E-state index in [2.05, 4.69) is 25.1 Å². The van der Waals surface area contributed by atoms with Crippen LogP contribution >= 0.6 is 23.4 Å². The standard InChI is InChI=1S/C11H13ClS/c1-2-3-9-11(12)13-10-7-5-4-6-8-10/h4-9H,2-3H2,1H3/b11-9+. The third-order valence-corrected chi connectivity index (χ3v) is 2.81. The van der Waals surface area contributed by atoms with E-state index in [4.69, 9.17) is 11.6 Å². The summed E-state index contributed by atoms with van der Waals surface area (Å²) in [5.74, 6) is 0. The van der Waals surface area contributed by atoms with E-state index in [-0.39, 0.29) is 0 Å². The van der Waals surface area contributed by atoms with Crippen LogP contribution in [0, 0.1) is 0 Å². The van der Waals surface area contributed by atoms with Crippen molar-refractivity contribution in [1.82, 2.24) is 0 Å². The molecule has 0 atom stereocenters. The minimum absolute atomic E-state index is 0.869. The van der Waals surface area contributed by atoms with Gasteiger partial charge in [-0.15, -0.1) is 0 Å². The van der Waals surface area contributed by atoms with Crippen LogP contribution in [-0.2, 0) is 0 Å². The summed E-state index contributed by atoms with van der Waals surface area (Å²) in [7, 11) is 0. The largest absolute Gasteiger partial charge is 0.0780 e. The van der Waals surface area contributed by atoms with E-state index < -0.39 is 0 Å². The summed E-state index contributed by atoms with van der Waals surface area (Å²) in [6.07, 6.45) is 4.27. The van der Waals surface area contributed by atoms with Crippen molar-refractivity contribution in [3.05, 3.63) is 40.8 Å². The first kappa shape index (κ1) is 10.7. The van der Waals surface area contributed by atoms with Crippen LogP contribution in [0.25, 0.3) is 0 Å². The highest BCUT2D eigenvalue weighted by molar-refractivity contribution is 8.04. The average Bonchev–Trinajstić information content (AvgIpc) is 2.16. The lowest BCUT2D eigenvalue weighted by molar-refractivity contribution is 0.959. The fraction of sp³-hybridized carbons (Fsp3) is 0.273. The zero-order valence-corrected chi connectivity index (χ0v) is 9.24. The van der Waals surface area contributed by atoms with Gasteiger partial charge in [-0.1, -0.05) is 61.0 Å². The minimum Gasteiger partial charge on any atom is -0.0780 e. The number of unbranched alkanes of at least 4 members (excludes halogenated alkanes) is 1. The van der Waals surface area contributed by atoms with Crippen LogP contribution < -0.4 is 0 Å². The van der Waals surface area contributed by atoms with E-state index >= 15 is 0 Å². The zero-order valence-electron chi connectivity index (χ0n) is 7.66. The first-order valence-electron chi connectivity index (χ1n) is 4.41. The second-order valence-electron chi connectivity index (χ2n) is 2.71. The van der Waals surface area contributed by atoms with Crippen molar-refractivity contribution >= 4 is 23.4 Å². The lowest BCUT2D eigenvalue weighted by atomic mass is 10.3. The maximum atomic E-state index is 6.02. The quantitative estimate of drug-likeness (QED) is 0.655. The molecule has 13 heavy (non-hydrogen) atoms. The molecule has 1 aromatic rings. The molecule has 0 nitrogen and oxygen atoms in total. The van der Waals surface area contributed by atoms with Crippen LogP contribution in [-0.4, -0.2) is 0 Å². The second-order valence-corrected chi connectivity index (χ2v) is 4.46. The maximum absolute atomic E-state index is 6.02. The molecule has 0 N–H and O–H groups in total. The number of rotatable bonds is 4. The van der Waals surface area contributed by atoms with Gasteiger partial charge in [0, 0.05) is 4.90 Å². The Morgan fingerprint density at radius 3 is 2.69 bits per heavy atom. The molecule has 0 saturated carbocycles. The van der Waals surface area contributed by atoms with Gasteiger partial charge in [0.15, 0.2) is 0 Å². The summed E-state index contributed by atoms with van der Waals surface area (Å²) in [5.41, 5.74) is 0. The summed E-state index contributed by atoms with van der Waals surface area (Å²) in [6.45, 7) is 2.15. The van der Waals surface area contributed by atoms with Crippen LogP contribution in [0.1, 0.15) is 19.8 Å². The highest BCUT2D eigenvalue weighted by Crippen LogP contribution is 2.29. The average molecular weight is 213 g/mol. The minimum atomic E-state index is 0.869. The molecule has 0 fully saturated rings. The van der Waals surface area contributed by atoms with Crippen molar-refractivity contribution in [2.24, 2.45) is 0 Å². The number of hydrogen-bond acceptors (Lipinski definition) is 1. The van der Waals surface area contributed by atoms with Gasteiger partial charge in [-0.25, -0.2) is 0 Å². The predicted molar refractivity (Wildman–Crippen MR) is 61.1 cm³/mol. The highest BCUT2D eigenvalue weighted by atomic mass is 35.5. The van der Waals surface area contributed by atoms with Crippen LogP contribution in [0.3, 0.4) is 0 Å². The molecule has 0 aliphatic carbocycles. The Morgan fingerprint density at radius 1 is 1.38 bits per heavy atom. The Kier molecular flexibility index (Phi) is 5.02. The first-order valence-corrected chi connectivity index (χ1v) is 5.61. The number of allylic oxidation sites excluding steroid dienone is 1. The molecule has 0 saturated heterocycles. The Bertz CT molecular complexity index is 267. The van der Waals surface area contributed by atoms with E-state index in [0.29, 0.717) is 0 Å². The van der Waals surface area contributed by atoms with Gasteiger partial charge in [0.05, 0.1) is 4.36 Å². The van der Waals surface area contributed by atoms with Crippen molar-refractivity contribution in [1.29, 1.82) is 0 Å². The molecule has 0 heterocycles. The van der Waals surface area contributed by atoms with Gasteiger partial charge < -0.3 is 0 Å². The fourth-order valence-electron chi connectivity index (χ4n) is 0.901. The van der Waals surface area contributed by atoms with Crippen molar-refractivity contribution in [2.75, 3.05) is 0 Å². The predicted octanol–water partition coefficient (Wildman–Crippen LogP) is 4.66. The summed E-state index contributed by atoms with van der Waals surface area (Å²) in [6, 6.07) is 10.2. The smallest absolute Gasteiger partial charge is 0.0742 e. The SMILES string of the molecule is CCC/C=C(\Cl)Sc1ccccc1. The topological polar surface area (TPSA) is 0 Å². The Hall–Kier alpha value is -0.400. The molecule has 0 unspecified atom stereocenters. The van der Waals surface area contributed by atoms with E-state index in [1.807, 2.05) is 18.2 Å². The van der Waals surface area contributed by atoms with Crippen molar-refractivity contribution in [2.45, 2.75) is 24.7 Å². The van der Waals surface area contributed by atoms with Gasteiger partial charge in [0.25, 0.3) is 0 Å². The molecule has 2 heteroatoms. The molecule has 1 aromatic carbocycles. The van der Waals surface area contributed by atoms with Crippen molar-refractivity contribution in [3.8, 4) is 0 Å². The Labute approximate surface area is 89.0 Å². The molecule has 0 bridgehead atoms. The van der Waals surface area contributed by atoms with Gasteiger partial charge in [-0.2, -0.15) is 0 Å². The van der Waals surface area contributed by atoms with Gasteiger partial charge in [0.1, 0.15) is 0 Å². The second kappa shape index (κ2) is 6.11. The zero-order chi connectivity index (χ0) is 9.52. The van der Waals surface area contributed by atoms with Gasteiger partial charge in [0.2, 0.25) is 0 Å². The van der Waals surface area contributed by atoms with Gasteiger partial charge >= 0.3 is 0 Å². The first-order chi connectivity index (χ1) is 6.33. The van der Waals surface area contributed by atoms with Crippen molar-refractivity contribution in [3.63, 3.8) is 0 Å². The molecule has 1 rings (SSSR count). The van der Waals surface area contributed by atoms with Crippen LogP contribution in [0.15, 0.2) is 45.7 Å². The molecular weight excluding hydrogens is 200 g/mol. The van der Waals surface area contributed by atoms with E-state index in [1.165, 1.54) is 4.90 Å². The van der Waals surface area contributed by atoms with E-state index in [1.54, 1.807) is 11.8 Å². The monoisotopic (exact) mass is 212 g/mol. The molecule has 0 amide bonds. The number of benzene rings is 1. The summed E-state index contributed by atoms with van der Waals surface area (Å²) in [4.78, 5) is 1.19. The van der Waals surface area contributed by atoms with Gasteiger partial charge in [-0.3, -0.25) is 0 Å². The summed E-state index contributed by atoms with van der Waals surface area (Å²) in [5, 5.41) is 0. The third kappa shape index (κ3) is 4.39. The maximum Gasteiger partial charge on any atom is 0.0742 e. The Morgan fingerprint density at radius 2 is 2.08 bits per heavy atom. The highest BCUT2D eigenvalue weighted by Gasteiger charge is 1.94. The van der Waals surface area contributed by atoms with E-state index in [9.17, 15) is 0 Å². The molecular formula is C11H13ClS. The molecule has 70 valence electrons. The van der Waals surface area contributed by atoms with E-state index in [0.717, 1.165) is 17.2 Å². The molecule has 0 aliphatic heterocycles. The fourth-order valence-corrected chi connectivity index (χ4v) is 2.00. The lowest BCUT2D eigenvalue weighted by Gasteiger charge is -1.98. The number of thioether (sulfide) groups is 1. The van der Waals surface area contributed by atoms with Crippen LogP contribution in [0.5, 0.6) is 0 Å². The van der Waals surface area contributed by atoms with Crippen LogP contribution in [0.2, 0.25) is 0 Å². The number of halogens is 1. The molecule has 0 aromatic heterocycles. The normalized spacial score (nSPS) is 11.7. The molecule has 0 radical (unpaired) electrons. The lowest BCUT2D eigenvalue weighted by Crippen LogP contribution is -1.69. The number of hydrogen-bond donors (Lipinski definition) is 0. The summed E-state index contributed by atoms with van der Waals surface area (Å²) >= 11 is 7.63. The van der Waals surface area contributed by atoms with Crippen LogP contribution in [0.4, 0.5) is 0 Å². The van der Waals surface area contributed by atoms with Gasteiger partial charge in [-0.05, 0) is 18.6 Å². The molecule has 0 aliphatic rings. The molecule has 0 spiro atoms. The third-order valence-electron chi connectivity index (χ3n) is 1.55.